The second-order valence-corrected chi connectivity index (χ2v) is 5.26. The summed E-state index contributed by atoms with van der Waals surface area (Å²) in [6.07, 6.45) is 7.29. The monoisotopic (exact) mass is 245 g/mol. The zero-order valence-electron chi connectivity index (χ0n) is 7.81. The standard InChI is InChI=1S/C10H16BrNO/c11-5-2-9(13)12-8-6-10(7-8)3-1-4-10/h8H,1-7H2,(H,12,13). The van der Waals surface area contributed by atoms with E-state index in [0.717, 1.165) is 5.33 Å². The van der Waals surface area contributed by atoms with Crippen LogP contribution in [-0.4, -0.2) is 17.3 Å². The average molecular weight is 246 g/mol. The van der Waals surface area contributed by atoms with Gasteiger partial charge in [0.15, 0.2) is 0 Å². The molecule has 0 atom stereocenters. The Morgan fingerprint density at radius 2 is 2.15 bits per heavy atom. The first-order chi connectivity index (χ1) is 6.24. The molecule has 0 aromatic carbocycles. The van der Waals surface area contributed by atoms with Crippen LogP contribution in [0.4, 0.5) is 0 Å². The van der Waals surface area contributed by atoms with Crippen LogP contribution >= 0.6 is 15.9 Å². The number of hydrogen-bond donors (Lipinski definition) is 1. The minimum absolute atomic E-state index is 0.205. The van der Waals surface area contributed by atoms with E-state index in [9.17, 15) is 4.79 Å². The molecule has 2 fully saturated rings. The van der Waals surface area contributed by atoms with Gasteiger partial charge in [0, 0.05) is 17.8 Å². The molecule has 1 amide bonds. The van der Waals surface area contributed by atoms with E-state index in [0.29, 0.717) is 17.9 Å². The van der Waals surface area contributed by atoms with E-state index in [-0.39, 0.29) is 5.91 Å². The predicted octanol–water partition coefficient (Wildman–Crippen LogP) is 2.22. The van der Waals surface area contributed by atoms with Crippen molar-refractivity contribution in [3.63, 3.8) is 0 Å². The summed E-state index contributed by atoms with van der Waals surface area (Å²) in [5.74, 6) is 0.205. The molecule has 74 valence electrons. The number of amides is 1. The first-order valence-corrected chi connectivity index (χ1v) is 6.22. The number of rotatable bonds is 3. The molecule has 2 aliphatic rings. The molecule has 0 unspecified atom stereocenters. The minimum atomic E-state index is 0.205. The van der Waals surface area contributed by atoms with E-state index in [1.54, 1.807) is 0 Å². The Labute approximate surface area is 87.6 Å². The lowest BCUT2D eigenvalue weighted by atomic mass is 9.54. The van der Waals surface area contributed by atoms with Crippen molar-refractivity contribution in [2.75, 3.05) is 5.33 Å². The maximum atomic E-state index is 11.2. The van der Waals surface area contributed by atoms with E-state index < -0.39 is 0 Å². The van der Waals surface area contributed by atoms with Gasteiger partial charge >= 0.3 is 0 Å². The molecule has 0 aliphatic heterocycles. The fraction of sp³-hybridized carbons (Fsp3) is 0.900. The first kappa shape index (κ1) is 9.50. The van der Waals surface area contributed by atoms with Gasteiger partial charge in [0.05, 0.1) is 0 Å². The largest absolute Gasteiger partial charge is 0.353 e. The highest BCUT2D eigenvalue weighted by Gasteiger charge is 2.48. The molecule has 13 heavy (non-hydrogen) atoms. The Morgan fingerprint density at radius 3 is 2.62 bits per heavy atom. The van der Waals surface area contributed by atoms with E-state index in [4.69, 9.17) is 0 Å². The van der Waals surface area contributed by atoms with Gasteiger partial charge in [-0.1, -0.05) is 22.4 Å². The van der Waals surface area contributed by atoms with Crippen molar-refractivity contribution in [2.45, 2.75) is 44.6 Å². The third-order valence-electron chi connectivity index (χ3n) is 3.46. The Morgan fingerprint density at radius 1 is 1.46 bits per heavy atom. The van der Waals surface area contributed by atoms with Crippen LogP contribution in [0.15, 0.2) is 0 Å². The van der Waals surface area contributed by atoms with Crippen LogP contribution in [-0.2, 0) is 4.79 Å². The number of carbonyl (C=O) groups excluding carboxylic acids is 1. The number of alkyl halides is 1. The van der Waals surface area contributed by atoms with Crippen molar-refractivity contribution >= 4 is 21.8 Å². The fourth-order valence-corrected chi connectivity index (χ4v) is 2.92. The number of hydrogen-bond acceptors (Lipinski definition) is 1. The van der Waals surface area contributed by atoms with Gasteiger partial charge in [-0.2, -0.15) is 0 Å². The normalized spacial score (nSPS) is 25.0. The van der Waals surface area contributed by atoms with Gasteiger partial charge in [0.25, 0.3) is 0 Å². The highest BCUT2D eigenvalue weighted by Crippen LogP contribution is 2.55. The van der Waals surface area contributed by atoms with Crippen LogP contribution in [0.5, 0.6) is 0 Å². The molecule has 0 bridgehead atoms. The molecule has 2 nitrogen and oxygen atoms in total. The van der Waals surface area contributed by atoms with Crippen molar-refractivity contribution < 1.29 is 4.79 Å². The van der Waals surface area contributed by atoms with Gasteiger partial charge in [-0.3, -0.25) is 4.79 Å². The Bertz CT molecular complexity index is 205. The first-order valence-electron chi connectivity index (χ1n) is 5.09. The molecule has 0 aromatic heterocycles. The molecule has 1 N–H and O–H groups in total. The van der Waals surface area contributed by atoms with Crippen LogP contribution in [0.2, 0.25) is 0 Å². The molecule has 2 saturated carbocycles. The fourth-order valence-electron chi connectivity index (χ4n) is 2.56. The summed E-state index contributed by atoms with van der Waals surface area (Å²) in [5, 5.41) is 3.85. The molecule has 0 radical (unpaired) electrons. The van der Waals surface area contributed by atoms with Gasteiger partial charge in [-0.15, -0.1) is 0 Å². The van der Waals surface area contributed by atoms with Crippen LogP contribution in [0.1, 0.15) is 38.5 Å². The molecule has 0 aromatic rings. The van der Waals surface area contributed by atoms with E-state index in [1.807, 2.05) is 0 Å². The molecule has 2 aliphatic carbocycles. The highest BCUT2D eigenvalue weighted by molar-refractivity contribution is 9.09. The van der Waals surface area contributed by atoms with Crippen LogP contribution in [0, 0.1) is 5.41 Å². The Balaban J connectivity index is 1.66. The zero-order chi connectivity index (χ0) is 9.31. The highest BCUT2D eigenvalue weighted by atomic mass is 79.9. The molecule has 2 rings (SSSR count). The Kier molecular flexibility index (Phi) is 2.63. The van der Waals surface area contributed by atoms with E-state index >= 15 is 0 Å². The summed E-state index contributed by atoms with van der Waals surface area (Å²) in [6, 6.07) is 0.492. The lowest BCUT2D eigenvalue weighted by Crippen LogP contribution is -2.53. The van der Waals surface area contributed by atoms with Crippen molar-refractivity contribution in [1.82, 2.24) is 5.32 Å². The van der Waals surface area contributed by atoms with E-state index in [2.05, 4.69) is 21.2 Å². The molecule has 1 spiro atoms. The van der Waals surface area contributed by atoms with Crippen molar-refractivity contribution in [3.8, 4) is 0 Å². The lowest BCUT2D eigenvalue weighted by Gasteiger charge is -2.54. The molecular weight excluding hydrogens is 230 g/mol. The topological polar surface area (TPSA) is 29.1 Å². The van der Waals surface area contributed by atoms with Crippen LogP contribution in [0.25, 0.3) is 0 Å². The summed E-state index contributed by atoms with van der Waals surface area (Å²) in [4.78, 5) is 11.2. The molecule has 3 heteroatoms. The van der Waals surface area contributed by atoms with Crippen molar-refractivity contribution in [1.29, 1.82) is 0 Å². The molecular formula is C10H16BrNO. The maximum Gasteiger partial charge on any atom is 0.221 e. The Hall–Kier alpha value is -0.0500. The lowest BCUT2D eigenvalue weighted by molar-refractivity contribution is -0.124. The van der Waals surface area contributed by atoms with Gasteiger partial charge in [0.1, 0.15) is 0 Å². The summed E-state index contributed by atoms with van der Waals surface area (Å²) >= 11 is 3.27. The third-order valence-corrected chi connectivity index (χ3v) is 3.86. The third kappa shape index (κ3) is 1.90. The summed E-state index contributed by atoms with van der Waals surface area (Å²) in [7, 11) is 0. The zero-order valence-corrected chi connectivity index (χ0v) is 9.40. The van der Waals surface area contributed by atoms with Crippen molar-refractivity contribution in [3.05, 3.63) is 0 Å². The van der Waals surface area contributed by atoms with Crippen LogP contribution < -0.4 is 5.32 Å². The van der Waals surface area contributed by atoms with Gasteiger partial charge in [-0.05, 0) is 31.1 Å². The summed E-state index contributed by atoms with van der Waals surface area (Å²) in [5.41, 5.74) is 0.673. The van der Waals surface area contributed by atoms with Crippen LogP contribution in [0.3, 0.4) is 0 Å². The SMILES string of the molecule is O=C(CCBr)NC1CC2(CCC2)C1. The summed E-state index contributed by atoms with van der Waals surface area (Å²) in [6.45, 7) is 0. The van der Waals surface area contributed by atoms with Gasteiger partial charge < -0.3 is 5.32 Å². The smallest absolute Gasteiger partial charge is 0.221 e. The number of nitrogens with one attached hydrogen (secondary N) is 1. The second kappa shape index (κ2) is 3.60. The number of halogens is 1. The van der Waals surface area contributed by atoms with Crippen molar-refractivity contribution in [2.24, 2.45) is 5.41 Å². The molecule has 0 saturated heterocycles. The van der Waals surface area contributed by atoms with E-state index in [1.165, 1.54) is 32.1 Å². The quantitative estimate of drug-likeness (QED) is 0.760. The second-order valence-electron chi connectivity index (χ2n) is 4.47. The maximum absolute atomic E-state index is 11.2. The van der Waals surface area contributed by atoms with Gasteiger partial charge in [0.2, 0.25) is 5.91 Å². The van der Waals surface area contributed by atoms with Gasteiger partial charge in [-0.25, -0.2) is 0 Å². The minimum Gasteiger partial charge on any atom is -0.353 e. The predicted molar refractivity (Wildman–Crippen MR) is 55.9 cm³/mol. The average Bonchev–Trinajstić information content (AvgIpc) is 1.92. The number of carbonyl (C=O) groups is 1. The molecule has 0 heterocycles. The summed E-state index contributed by atoms with van der Waals surface area (Å²) < 4.78 is 0.